The van der Waals surface area contributed by atoms with Crippen molar-refractivity contribution in [3.63, 3.8) is 0 Å². The molecule has 0 fully saturated rings. The zero-order chi connectivity index (χ0) is 34.2. The van der Waals surface area contributed by atoms with Crippen LogP contribution in [0.5, 0.6) is 5.75 Å². The Bertz CT molecular complexity index is 1390. The number of benzene rings is 2. The molecule has 0 aliphatic carbocycles. The molecule has 1 unspecified atom stereocenters. The van der Waals surface area contributed by atoms with Crippen molar-refractivity contribution in [3.8, 4) is 17.0 Å². The highest BCUT2D eigenvalue weighted by atomic mass is 19.4. The molecule has 0 bridgehead atoms. The fraction of sp³-hybridized carbons (Fsp3) is 0.344. The summed E-state index contributed by atoms with van der Waals surface area (Å²) in [5.74, 6) is -1.68. The molecule has 45 heavy (non-hydrogen) atoms. The molecule has 0 aliphatic heterocycles. The number of aromatic nitrogens is 2. The number of nitrogens with one attached hydrogen (secondary N) is 1. The number of halogens is 5. The molecule has 246 valence electrons. The minimum Gasteiger partial charge on any atom is -0.481 e. The summed E-state index contributed by atoms with van der Waals surface area (Å²) in [5.41, 5.74) is 4.27. The predicted molar refractivity (Wildman–Crippen MR) is 162 cm³/mol. The van der Waals surface area contributed by atoms with Crippen molar-refractivity contribution in [1.29, 1.82) is 0 Å². The number of rotatable bonds is 12. The van der Waals surface area contributed by atoms with Crippen molar-refractivity contribution in [2.75, 3.05) is 13.2 Å². The van der Waals surface area contributed by atoms with Crippen LogP contribution in [0, 0.1) is 0 Å². The minimum atomic E-state index is -4.77. The molecule has 0 radical (unpaired) electrons. The van der Waals surface area contributed by atoms with Crippen LogP contribution in [0.1, 0.15) is 68.7 Å². The maximum absolute atomic E-state index is 12.5. The van der Waals surface area contributed by atoms with Crippen molar-refractivity contribution in [2.45, 2.75) is 60.1 Å². The molecule has 1 aromatic heterocycles. The second-order valence-electron chi connectivity index (χ2n) is 8.98. The van der Waals surface area contributed by atoms with Crippen LogP contribution in [0.4, 0.5) is 22.0 Å². The van der Waals surface area contributed by atoms with E-state index >= 15 is 0 Å². The molecule has 2 N–H and O–H groups in total. The standard InChI is InChI=1S/C26H26F3N3O4.C4H6F2O.C2H6/c1-4-16(2)22-15-23(19-9-11-21(12-10-19)36-26(27,28)29)32(31-22)17(3)18-5-7-20(8-6-18)25(35)30-14-13-24(33)34;1-2-3-7-4(5)6;1-2/h4-12,15,17H,13-14H2,1-3H3,(H,30,35)(H,33,34);2,4H,1,3H2;1-2H3/b16-4+;;. The predicted octanol–water partition coefficient (Wildman–Crippen LogP) is 8.12. The molecule has 1 heterocycles. The molecule has 13 heteroatoms. The number of hydrogen-bond acceptors (Lipinski definition) is 5. The molecule has 3 rings (SSSR count). The first-order valence-corrected chi connectivity index (χ1v) is 13.9. The zero-order valence-electron chi connectivity index (χ0n) is 25.7. The van der Waals surface area contributed by atoms with Crippen LogP contribution in [0.25, 0.3) is 16.8 Å². The van der Waals surface area contributed by atoms with Gasteiger partial charge in [-0.1, -0.05) is 38.1 Å². The molecule has 2 aromatic carbocycles. The second kappa shape index (κ2) is 19.0. The van der Waals surface area contributed by atoms with E-state index in [0.717, 1.165) is 16.8 Å². The maximum Gasteiger partial charge on any atom is 0.573 e. The second-order valence-corrected chi connectivity index (χ2v) is 8.98. The van der Waals surface area contributed by atoms with Crippen LogP contribution in [0.15, 0.2) is 73.3 Å². The first-order chi connectivity index (χ1) is 21.2. The van der Waals surface area contributed by atoms with Crippen LogP contribution in [0.2, 0.25) is 0 Å². The van der Waals surface area contributed by atoms with Crippen molar-refractivity contribution >= 4 is 17.4 Å². The minimum absolute atomic E-state index is 0.0306. The molecule has 0 spiro atoms. The average Bonchev–Trinajstić information content (AvgIpc) is 3.45. The summed E-state index contributed by atoms with van der Waals surface area (Å²) in [4.78, 5) is 22.9. The molecule has 1 atom stereocenters. The van der Waals surface area contributed by atoms with E-state index < -0.39 is 18.9 Å². The smallest absolute Gasteiger partial charge is 0.481 e. The van der Waals surface area contributed by atoms with Gasteiger partial charge in [0.15, 0.2) is 0 Å². The Morgan fingerprint density at radius 2 is 1.69 bits per heavy atom. The largest absolute Gasteiger partial charge is 0.573 e. The molecular formula is C32H38F5N3O5. The number of amides is 1. The zero-order valence-corrected chi connectivity index (χ0v) is 25.7. The SMILES string of the molecule is C/C=C(\C)c1cc(-c2ccc(OC(F)(F)F)cc2)n(C(C)c2ccc(C(=O)NCCC(=O)O)cc2)n1.C=CCOC(F)F.CC. The van der Waals surface area contributed by atoms with Gasteiger partial charge in [0.25, 0.3) is 5.91 Å². The highest BCUT2D eigenvalue weighted by Gasteiger charge is 2.31. The number of carboxylic acids is 1. The van der Waals surface area contributed by atoms with Crippen LogP contribution >= 0.6 is 0 Å². The first kappa shape index (κ1) is 38.5. The van der Waals surface area contributed by atoms with Gasteiger partial charge in [-0.3, -0.25) is 14.3 Å². The number of carboxylic acid groups (broad SMARTS) is 1. The Hall–Kier alpha value is -4.52. The van der Waals surface area contributed by atoms with Crippen molar-refractivity contribution in [3.05, 3.63) is 90.1 Å². The van der Waals surface area contributed by atoms with Gasteiger partial charge in [-0.05, 0) is 74.4 Å². The van der Waals surface area contributed by atoms with E-state index in [2.05, 4.69) is 21.4 Å². The summed E-state index contributed by atoms with van der Waals surface area (Å²) in [5, 5.41) is 16.0. The Morgan fingerprint density at radius 1 is 1.09 bits per heavy atom. The summed E-state index contributed by atoms with van der Waals surface area (Å²) in [7, 11) is 0. The first-order valence-electron chi connectivity index (χ1n) is 13.9. The lowest BCUT2D eigenvalue weighted by Crippen LogP contribution is -2.26. The van der Waals surface area contributed by atoms with E-state index in [-0.39, 0.29) is 37.3 Å². The number of hydrogen-bond donors (Lipinski definition) is 2. The van der Waals surface area contributed by atoms with Crippen LogP contribution in [0.3, 0.4) is 0 Å². The molecule has 1 amide bonds. The van der Waals surface area contributed by atoms with Gasteiger partial charge in [-0.25, -0.2) is 0 Å². The van der Waals surface area contributed by atoms with E-state index in [1.807, 2.05) is 46.8 Å². The molecule has 0 saturated carbocycles. The van der Waals surface area contributed by atoms with Crippen molar-refractivity contribution < 1.29 is 46.1 Å². The number of ether oxygens (including phenoxy) is 2. The van der Waals surface area contributed by atoms with E-state index in [1.165, 1.54) is 18.2 Å². The monoisotopic (exact) mass is 639 g/mol. The Kier molecular flexibility index (Phi) is 16.3. The van der Waals surface area contributed by atoms with Gasteiger partial charge in [0.1, 0.15) is 5.75 Å². The van der Waals surface area contributed by atoms with Gasteiger partial charge in [0.05, 0.1) is 30.5 Å². The summed E-state index contributed by atoms with van der Waals surface area (Å²) in [6.45, 7) is 10.2. The molecule has 0 saturated heterocycles. The summed E-state index contributed by atoms with van der Waals surface area (Å²) >= 11 is 0. The number of carbonyl (C=O) groups is 2. The Balaban J connectivity index is 0.000000991. The van der Waals surface area contributed by atoms with E-state index in [0.29, 0.717) is 16.8 Å². The van der Waals surface area contributed by atoms with Crippen LogP contribution in [-0.4, -0.2) is 52.9 Å². The Labute approximate surface area is 259 Å². The van der Waals surface area contributed by atoms with Crippen molar-refractivity contribution in [1.82, 2.24) is 15.1 Å². The molecule has 0 aliphatic rings. The van der Waals surface area contributed by atoms with Gasteiger partial charge in [-0.15, -0.1) is 19.8 Å². The van der Waals surface area contributed by atoms with Crippen LogP contribution < -0.4 is 10.1 Å². The van der Waals surface area contributed by atoms with Crippen molar-refractivity contribution in [2.24, 2.45) is 0 Å². The number of carbonyl (C=O) groups excluding carboxylic acids is 1. The fourth-order valence-electron chi connectivity index (χ4n) is 3.65. The average molecular weight is 640 g/mol. The quantitative estimate of drug-likeness (QED) is 0.153. The van der Waals surface area contributed by atoms with E-state index in [9.17, 15) is 31.5 Å². The molecular weight excluding hydrogens is 601 g/mol. The lowest BCUT2D eigenvalue weighted by molar-refractivity contribution is -0.274. The number of allylic oxidation sites excluding steroid dienone is 2. The lowest BCUT2D eigenvalue weighted by atomic mass is 10.0. The van der Waals surface area contributed by atoms with Crippen LogP contribution in [-0.2, 0) is 9.53 Å². The summed E-state index contributed by atoms with van der Waals surface area (Å²) < 4.78 is 69.0. The topological polar surface area (TPSA) is 103 Å². The summed E-state index contributed by atoms with van der Waals surface area (Å²) in [6.07, 6.45) is -1.75. The molecule has 8 nitrogen and oxygen atoms in total. The third-order valence-corrected chi connectivity index (χ3v) is 5.94. The van der Waals surface area contributed by atoms with Gasteiger partial charge >= 0.3 is 18.9 Å². The fourth-order valence-corrected chi connectivity index (χ4v) is 3.65. The Morgan fingerprint density at radius 3 is 2.16 bits per heavy atom. The van der Waals surface area contributed by atoms with E-state index in [1.54, 1.807) is 41.1 Å². The highest BCUT2D eigenvalue weighted by Crippen LogP contribution is 2.31. The molecule has 3 aromatic rings. The van der Waals surface area contributed by atoms with Gasteiger partial charge in [0, 0.05) is 17.7 Å². The number of aliphatic carboxylic acids is 1. The van der Waals surface area contributed by atoms with E-state index in [4.69, 9.17) is 10.2 Å². The highest BCUT2D eigenvalue weighted by molar-refractivity contribution is 5.94. The normalized spacial score (nSPS) is 11.8. The maximum atomic E-state index is 12.5. The summed E-state index contributed by atoms with van der Waals surface area (Å²) in [6, 6.07) is 14.1. The third-order valence-electron chi connectivity index (χ3n) is 5.94. The number of nitrogens with zero attached hydrogens (tertiary/aromatic N) is 2. The third kappa shape index (κ3) is 13.3. The number of alkyl halides is 5. The van der Waals surface area contributed by atoms with Gasteiger partial charge in [0.2, 0.25) is 0 Å². The van der Waals surface area contributed by atoms with Gasteiger partial charge < -0.3 is 19.9 Å². The lowest BCUT2D eigenvalue weighted by Gasteiger charge is -2.17. The van der Waals surface area contributed by atoms with Gasteiger partial charge in [-0.2, -0.15) is 13.9 Å².